The van der Waals surface area contributed by atoms with Gasteiger partial charge < -0.3 is 48.1 Å². The van der Waals surface area contributed by atoms with E-state index in [-0.39, 0.29) is 91.8 Å². The predicted molar refractivity (Wildman–Crippen MR) is 150 cm³/mol. The zero-order valence-corrected chi connectivity index (χ0v) is 32.8. The molecule has 0 aromatic carbocycles. The Balaban J connectivity index is -0.000000296. The molecule has 2 fully saturated rings. The number of carbonyl (C=O) groups is 4. The SMILES string of the molecule is CCC.CCC.COC(=O)OCCOC(=O)OC1CCCCC1O.COC(=O)OCCOC(=O)OC1CCCCC1O.[Y].[Y]. The summed E-state index contributed by atoms with van der Waals surface area (Å²) in [7, 11) is 2.36. The van der Waals surface area contributed by atoms with Crippen LogP contribution >= 0.6 is 0 Å². The Kier molecular flexibility index (Phi) is 39.9. The van der Waals surface area contributed by atoms with Crippen LogP contribution in [0.1, 0.15) is 91.9 Å². The molecular formula is C28H52O14Y2. The van der Waals surface area contributed by atoms with Gasteiger partial charge in [-0.25, -0.2) is 19.2 Å². The number of carbonyl (C=O) groups excluding carboxylic acids is 4. The van der Waals surface area contributed by atoms with Gasteiger partial charge in [-0.3, -0.25) is 0 Å². The van der Waals surface area contributed by atoms with Crippen molar-refractivity contribution in [3.05, 3.63) is 0 Å². The molecule has 0 spiro atoms. The van der Waals surface area contributed by atoms with Crippen LogP contribution in [0, 0.1) is 0 Å². The number of hydrogen-bond donors (Lipinski definition) is 2. The second kappa shape index (κ2) is 35.1. The first-order valence-electron chi connectivity index (χ1n) is 14.5. The summed E-state index contributed by atoms with van der Waals surface area (Å²) in [4.78, 5) is 43.6. The van der Waals surface area contributed by atoms with Crippen molar-refractivity contribution in [1.82, 2.24) is 0 Å². The summed E-state index contributed by atoms with van der Waals surface area (Å²) in [6.07, 6.45) is 3.05. The van der Waals surface area contributed by atoms with E-state index in [2.05, 4.69) is 56.1 Å². The largest absolute Gasteiger partial charge is 0.508 e. The van der Waals surface area contributed by atoms with E-state index in [4.69, 9.17) is 9.47 Å². The van der Waals surface area contributed by atoms with E-state index in [0.717, 1.165) is 25.7 Å². The van der Waals surface area contributed by atoms with Gasteiger partial charge in [-0.2, -0.15) is 0 Å². The summed E-state index contributed by atoms with van der Waals surface area (Å²) in [5.41, 5.74) is 0. The molecule has 254 valence electrons. The van der Waals surface area contributed by atoms with Crippen LogP contribution in [0.5, 0.6) is 0 Å². The van der Waals surface area contributed by atoms with E-state index in [9.17, 15) is 29.4 Å². The minimum atomic E-state index is -0.866. The molecule has 2 saturated carbocycles. The van der Waals surface area contributed by atoms with Gasteiger partial charge in [-0.05, 0) is 38.5 Å². The third-order valence-corrected chi connectivity index (χ3v) is 5.21. The second-order valence-corrected chi connectivity index (χ2v) is 9.23. The van der Waals surface area contributed by atoms with Crippen LogP contribution in [0.25, 0.3) is 0 Å². The zero-order chi connectivity index (χ0) is 32.2. The van der Waals surface area contributed by atoms with Crippen LogP contribution in [0.2, 0.25) is 0 Å². The Labute approximate surface area is 312 Å². The molecule has 4 atom stereocenters. The number of aliphatic hydroxyl groups excluding tert-OH is 2. The number of aliphatic hydroxyl groups is 2. The smallest absolute Gasteiger partial charge is 0.438 e. The minimum Gasteiger partial charge on any atom is -0.438 e. The van der Waals surface area contributed by atoms with E-state index in [1.54, 1.807) is 0 Å². The Morgan fingerprint density at radius 2 is 0.773 bits per heavy atom. The van der Waals surface area contributed by atoms with Gasteiger partial charge in [0.15, 0.2) is 0 Å². The van der Waals surface area contributed by atoms with E-state index in [1.807, 2.05) is 0 Å². The Morgan fingerprint density at radius 3 is 1.02 bits per heavy atom. The van der Waals surface area contributed by atoms with Crippen molar-refractivity contribution >= 4 is 24.6 Å². The van der Waals surface area contributed by atoms with Crippen LogP contribution in [0.3, 0.4) is 0 Å². The first-order valence-corrected chi connectivity index (χ1v) is 14.5. The third-order valence-electron chi connectivity index (χ3n) is 5.21. The first-order chi connectivity index (χ1) is 20.1. The molecule has 0 bridgehead atoms. The maximum absolute atomic E-state index is 11.2. The van der Waals surface area contributed by atoms with Gasteiger partial charge in [0.1, 0.15) is 38.6 Å². The summed E-state index contributed by atoms with van der Waals surface area (Å²) in [6.45, 7) is 8.07. The Morgan fingerprint density at radius 1 is 0.523 bits per heavy atom. The van der Waals surface area contributed by atoms with Gasteiger partial charge in [0, 0.05) is 65.4 Å². The second-order valence-electron chi connectivity index (χ2n) is 9.23. The number of ether oxygens (including phenoxy) is 8. The Hall–Kier alpha value is -0.792. The fourth-order valence-corrected chi connectivity index (χ4v) is 3.36. The standard InChI is InChI=1S/2C11H18O7.2C3H8.2Y/c2*1-15-10(13)16-6-7-17-11(14)18-9-5-3-2-4-8(9)12;2*1-3-2;;/h2*8-9,12H,2-7H2,1H3;2*3H2,1-2H3;;. The molecule has 0 saturated heterocycles. The van der Waals surface area contributed by atoms with Gasteiger partial charge in [0.05, 0.1) is 26.4 Å². The van der Waals surface area contributed by atoms with E-state index in [1.165, 1.54) is 27.1 Å². The van der Waals surface area contributed by atoms with Gasteiger partial charge in [-0.15, -0.1) is 0 Å². The predicted octanol–water partition coefficient (Wildman–Crippen LogP) is 5.28. The number of rotatable bonds is 8. The molecule has 4 unspecified atom stereocenters. The monoisotopic (exact) mass is 790 g/mol. The van der Waals surface area contributed by atoms with Crippen LogP contribution < -0.4 is 0 Å². The van der Waals surface area contributed by atoms with Gasteiger partial charge in [-0.1, -0.05) is 53.4 Å². The van der Waals surface area contributed by atoms with Crippen LogP contribution in [0.15, 0.2) is 0 Å². The zero-order valence-electron chi connectivity index (χ0n) is 27.2. The maximum Gasteiger partial charge on any atom is 0.508 e. The van der Waals surface area contributed by atoms with Crippen molar-refractivity contribution < 1.29 is 133 Å². The molecule has 0 heterocycles. The summed E-state index contributed by atoms with van der Waals surface area (Å²) < 4.78 is 36.7. The normalized spacial score (nSPS) is 19.6. The van der Waals surface area contributed by atoms with Gasteiger partial charge >= 0.3 is 24.6 Å². The fourth-order valence-electron chi connectivity index (χ4n) is 3.36. The summed E-state index contributed by atoms with van der Waals surface area (Å²) in [6, 6.07) is 0. The molecule has 0 amide bonds. The molecule has 2 rings (SSSR count). The number of methoxy groups -OCH3 is 2. The van der Waals surface area contributed by atoms with Crippen molar-refractivity contribution in [2.75, 3.05) is 40.6 Å². The molecule has 16 heteroatoms. The molecule has 2 aliphatic carbocycles. The Bertz CT molecular complexity index is 656. The fraction of sp³-hybridized carbons (Fsp3) is 0.857. The van der Waals surface area contributed by atoms with Gasteiger partial charge in [0.2, 0.25) is 0 Å². The van der Waals surface area contributed by atoms with Crippen LogP contribution in [0.4, 0.5) is 19.2 Å². The average Bonchev–Trinajstić information content (AvgIpc) is 2.97. The maximum atomic E-state index is 11.2. The van der Waals surface area contributed by atoms with Crippen molar-refractivity contribution in [2.45, 2.75) is 116 Å². The molecule has 2 aliphatic rings. The van der Waals surface area contributed by atoms with Crippen molar-refractivity contribution in [1.29, 1.82) is 0 Å². The molecule has 0 aromatic rings. The number of hydrogen-bond acceptors (Lipinski definition) is 14. The van der Waals surface area contributed by atoms with Crippen LogP contribution in [-0.4, -0.2) is 99.9 Å². The summed E-state index contributed by atoms with van der Waals surface area (Å²) >= 11 is 0. The minimum absolute atomic E-state index is 0. The first kappa shape index (κ1) is 50.1. The molecule has 2 N–H and O–H groups in total. The third kappa shape index (κ3) is 29.9. The summed E-state index contributed by atoms with van der Waals surface area (Å²) in [5.74, 6) is 0. The molecule has 44 heavy (non-hydrogen) atoms. The molecule has 2 radical (unpaired) electrons. The van der Waals surface area contributed by atoms with Crippen molar-refractivity contribution in [3.8, 4) is 0 Å². The molecule has 14 nitrogen and oxygen atoms in total. The molecule has 0 aliphatic heterocycles. The van der Waals surface area contributed by atoms with Crippen molar-refractivity contribution in [2.24, 2.45) is 0 Å². The van der Waals surface area contributed by atoms with Crippen molar-refractivity contribution in [3.63, 3.8) is 0 Å². The van der Waals surface area contributed by atoms with E-state index >= 15 is 0 Å². The van der Waals surface area contributed by atoms with Crippen LogP contribution in [-0.2, 0) is 103 Å². The average molecular weight is 791 g/mol. The molecular weight excluding hydrogens is 738 g/mol. The van der Waals surface area contributed by atoms with Gasteiger partial charge in [0.25, 0.3) is 0 Å². The topological polar surface area (TPSA) is 183 Å². The van der Waals surface area contributed by atoms with E-state index < -0.39 is 49.0 Å². The quantitative estimate of drug-likeness (QED) is 0.184. The van der Waals surface area contributed by atoms with E-state index in [0.29, 0.717) is 25.7 Å². The summed E-state index contributed by atoms with van der Waals surface area (Å²) in [5, 5.41) is 19.2. The molecule has 0 aromatic heterocycles.